The summed E-state index contributed by atoms with van der Waals surface area (Å²) in [6.45, 7) is 3.53. The summed E-state index contributed by atoms with van der Waals surface area (Å²) in [5.74, 6) is -3.51. The second-order valence-corrected chi connectivity index (χ2v) is 12.6. The lowest BCUT2D eigenvalue weighted by atomic mass is 9.92. The number of benzene rings is 2. The average molecular weight is 559 g/mol. The molecule has 1 N–H and O–H groups in total. The quantitative estimate of drug-likeness (QED) is 0.277. The van der Waals surface area contributed by atoms with Crippen LogP contribution in [0.3, 0.4) is 0 Å². The Morgan fingerprint density at radius 3 is 2.03 bits per heavy atom. The molecule has 2 aromatic rings. The number of carbonyl (C=O) groups is 4. The van der Waals surface area contributed by atoms with Gasteiger partial charge >= 0.3 is 18.0 Å². The number of hydrogen-bond donors (Lipinski definition) is 1. The zero-order valence-corrected chi connectivity index (χ0v) is 22.6. The van der Waals surface area contributed by atoms with Crippen LogP contribution in [0.5, 0.6) is 0 Å². The van der Waals surface area contributed by atoms with Crippen LogP contribution in [0.15, 0.2) is 60.7 Å². The van der Waals surface area contributed by atoms with Crippen LogP contribution in [0.2, 0.25) is 0 Å². The van der Waals surface area contributed by atoms with E-state index in [1.165, 1.54) is 20.8 Å². The minimum Gasteiger partial charge on any atom is -0.463 e. The number of hydrogen-bond acceptors (Lipinski definition) is 9. The fraction of sp³-hybridized carbons (Fsp3) is 0.407. The smallest absolute Gasteiger partial charge is 0.408 e. The summed E-state index contributed by atoms with van der Waals surface area (Å²) in [6.07, 6.45) is -0.842. The Bertz CT molecular complexity index is 1350. The Morgan fingerprint density at radius 2 is 1.46 bits per heavy atom. The van der Waals surface area contributed by atoms with Gasteiger partial charge in [0.15, 0.2) is 15.2 Å². The standard InChI is InChI=1S/C27H30N2O9S/c1-17(28-26(33)38-15-19-12-8-5-9-13-19)24(31)37-16-20-22(30)29-21(27(2,3)39(34,35)23(20)29)25(32)36-14-18-10-6-4-7-11-18/h4-13,17,20-21,23H,14-16H2,1-3H3,(H,28,33)/t17-,20-,21+,23-/m1/s1. The Labute approximate surface area is 226 Å². The van der Waals surface area contributed by atoms with Crippen molar-refractivity contribution in [3.05, 3.63) is 71.8 Å². The molecule has 2 amide bonds. The maximum absolute atomic E-state index is 13.3. The van der Waals surface area contributed by atoms with Gasteiger partial charge in [-0.15, -0.1) is 0 Å². The molecule has 0 saturated carbocycles. The van der Waals surface area contributed by atoms with E-state index in [4.69, 9.17) is 14.2 Å². The number of carbonyl (C=O) groups excluding carboxylic acids is 4. The van der Waals surface area contributed by atoms with E-state index in [9.17, 15) is 27.6 Å². The summed E-state index contributed by atoms with van der Waals surface area (Å²) in [6, 6.07) is 15.4. The van der Waals surface area contributed by atoms with Gasteiger partial charge in [0, 0.05) is 0 Å². The molecule has 2 fully saturated rings. The minimum atomic E-state index is -4.02. The summed E-state index contributed by atoms with van der Waals surface area (Å²) in [5, 5.41) is 1.00. The van der Waals surface area contributed by atoms with Crippen LogP contribution < -0.4 is 5.32 Å². The van der Waals surface area contributed by atoms with Gasteiger partial charge < -0.3 is 24.4 Å². The number of sulfone groups is 1. The number of nitrogens with one attached hydrogen (secondary N) is 1. The van der Waals surface area contributed by atoms with Crippen molar-refractivity contribution in [1.29, 1.82) is 0 Å². The van der Waals surface area contributed by atoms with E-state index in [1.807, 2.05) is 12.1 Å². The molecular weight excluding hydrogens is 528 g/mol. The summed E-state index contributed by atoms with van der Waals surface area (Å²) in [4.78, 5) is 51.4. The van der Waals surface area contributed by atoms with Gasteiger partial charge in [0.25, 0.3) is 0 Å². The van der Waals surface area contributed by atoms with E-state index < -0.39 is 68.5 Å². The van der Waals surface area contributed by atoms with Crippen molar-refractivity contribution in [2.24, 2.45) is 5.92 Å². The maximum atomic E-state index is 13.3. The number of alkyl carbamates (subject to hydrolysis) is 1. The molecule has 208 valence electrons. The van der Waals surface area contributed by atoms with Crippen LogP contribution in [-0.4, -0.2) is 66.1 Å². The van der Waals surface area contributed by atoms with Crippen molar-refractivity contribution < 1.29 is 41.8 Å². The maximum Gasteiger partial charge on any atom is 0.408 e. The van der Waals surface area contributed by atoms with Crippen LogP contribution in [0.25, 0.3) is 0 Å². The molecule has 11 nitrogen and oxygen atoms in total. The monoisotopic (exact) mass is 558 g/mol. The lowest BCUT2D eigenvalue weighted by molar-refractivity contribution is -0.172. The van der Waals surface area contributed by atoms with Gasteiger partial charge in [-0.2, -0.15) is 0 Å². The molecular formula is C27H30N2O9S. The first-order valence-corrected chi connectivity index (χ1v) is 13.9. The zero-order valence-electron chi connectivity index (χ0n) is 21.7. The third-order valence-corrected chi connectivity index (χ3v) is 9.81. The summed E-state index contributed by atoms with van der Waals surface area (Å²) >= 11 is 0. The van der Waals surface area contributed by atoms with E-state index in [0.717, 1.165) is 10.5 Å². The molecule has 2 aliphatic rings. The highest BCUT2D eigenvalue weighted by atomic mass is 32.2. The van der Waals surface area contributed by atoms with Crippen molar-refractivity contribution in [3.8, 4) is 0 Å². The molecule has 4 atom stereocenters. The average Bonchev–Trinajstić information content (AvgIpc) is 3.06. The third-order valence-electron chi connectivity index (χ3n) is 6.93. The largest absolute Gasteiger partial charge is 0.463 e. The summed E-state index contributed by atoms with van der Waals surface area (Å²) in [7, 11) is -4.02. The molecule has 0 aliphatic carbocycles. The van der Waals surface area contributed by atoms with Crippen LogP contribution in [0, 0.1) is 5.92 Å². The van der Waals surface area contributed by atoms with Gasteiger partial charge in [0.05, 0.1) is 4.75 Å². The topological polar surface area (TPSA) is 145 Å². The van der Waals surface area contributed by atoms with Gasteiger partial charge in [0.2, 0.25) is 5.91 Å². The lowest BCUT2D eigenvalue weighted by Gasteiger charge is -2.42. The van der Waals surface area contributed by atoms with E-state index in [0.29, 0.717) is 5.56 Å². The highest BCUT2D eigenvalue weighted by molar-refractivity contribution is 7.93. The second-order valence-electron chi connectivity index (χ2n) is 9.94. The Hall–Kier alpha value is -3.93. The number of esters is 2. The molecule has 0 bridgehead atoms. The fourth-order valence-electron chi connectivity index (χ4n) is 4.65. The van der Waals surface area contributed by atoms with Crippen LogP contribution in [0.4, 0.5) is 4.79 Å². The molecule has 0 unspecified atom stereocenters. The molecule has 0 radical (unpaired) electrons. The van der Waals surface area contributed by atoms with Crippen molar-refractivity contribution in [3.63, 3.8) is 0 Å². The third kappa shape index (κ3) is 5.47. The molecule has 39 heavy (non-hydrogen) atoms. The lowest BCUT2D eigenvalue weighted by Crippen LogP contribution is -2.65. The van der Waals surface area contributed by atoms with Crippen molar-refractivity contribution in [2.75, 3.05) is 6.61 Å². The first kappa shape index (κ1) is 28.1. The molecule has 4 rings (SSSR count). The normalized spacial score (nSPS) is 23.1. The summed E-state index contributed by atoms with van der Waals surface area (Å²) < 4.78 is 40.6. The van der Waals surface area contributed by atoms with E-state index in [1.54, 1.807) is 48.5 Å². The molecule has 2 aromatic carbocycles. The highest BCUT2D eigenvalue weighted by Gasteiger charge is 2.72. The van der Waals surface area contributed by atoms with Gasteiger partial charge in [-0.05, 0) is 31.9 Å². The van der Waals surface area contributed by atoms with Gasteiger partial charge in [-0.25, -0.2) is 22.8 Å². The number of amides is 2. The number of β-lactam (4-membered cyclic amide) rings is 1. The fourth-order valence-corrected chi connectivity index (χ4v) is 6.94. The number of nitrogens with zero attached hydrogens (tertiary/aromatic N) is 1. The Balaban J connectivity index is 1.33. The van der Waals surface area contributed by atoms with Crippen molar-refractivity contribution in [1.82, 2.24) is 10.2 Å². The first-order valence-electron chi connectivity index (χ1n) is 12.3. The number of ether oxygens (including phenoxy) is 3. The van der Waals surface area contributed by atoms with Gasteiger partial charge in [-0.1, -0.05) is 60.7 Å². The van der Waals surface area contributed by atoms with Crippen molar-refractivity contribution >= 4 is 33.8 Å². The zero-order chi connectivity index (χ0) is 28.4. The van der Waals surface area contributed by atoms with E-state index in [2.05, 4.69) is 5.32 Å². The van der Waals surface area contributed by atoms with Crippen LogP contribution in [0.1, 0.15) is 31.9 Å². The van der Waals surface area contributed by atoms with Gasteiger partial charge in [0.1, 0.15) is 37.8 Å². The van der Waals surface area contributed by atoms with Crippen LogP contribution >= 0.6 is 0 Å². The predicted octanol–water partition coefficient (Wildman–Crippen LogP) is 1.95. The molecule has 0 spiro atoms. The summed E-state index contributed by atoms with van der Waals surface area (Å²) in [5.41, 5.74) is 1.48. The molecule has 0 aromatic heterocycles. The Morgan fingerprint density at radius 1 is 0.923 bits per heavy atom. The predicted molar refractivity (Wildman–Crippen MR) is 137 cm³/mol. The van der Waals surface area contributed by atoms with Gasteiger partial charge in [-0.3, -0.25) is 4.79 Å². The number of fused-ring (bicyclic) bond motifs is 1. The second kappa shape index (κ2) is 11.0. The molecule has 2 saturated heterocycles. The highest BCUT2D eigenvalue weighted by Crippen LogP contribution is 2.49. The van der Waals surface area contributed by atoms with Crippen molar-refractivity contribution in [2.45, 2.75) is 56.2 Å². The Kier molecular flexibility index (Phi) is 7.96. The SMILES string of the molecule is C[C@@H](NC(=O)OCc1ccccc1)C(=O)OC[C@@H]1C(=O)N2[C@@H](C(=O)OCc3ccccc3)C(C)(C)S(=O)(=O)[C@H]12. The van der Waals surface area contributed by atoms with E-state index in [-0.39, 0.29) is 13.2 Å². The minimum absolute atomic E-state index is 0.00509. The molecule has 2 heterocycles. The first-order chi connectivity index (χ1) is 18.4. The number of rotatable bonds is 9. The molecule has 12 heteroatoms. The van der Waals surface area contributed by atoms with Crippen LogP contribution in [-0.2, 0) is 51.6 Å². The molecule has 2 aliphatic heterocycles. The van der Waals surface area contributed by atoms with E-state index >= 15 is 0 Å².